The van der Waals surface area contributed by atoms with Crippen molar-refractivity contribution in [2.45, 2.75) is 0 Å². The minimum atomic E-state index is -1.83. The summed E-state index contributed by atoms with van der Waals surface area (Å²) in [6.07, 6.45) is -1.83. The van der Waals surface area contributed by atoms with Crippen molar-refractivity contribution in [2.24, 2.45) is 0 Å². The number of carbonyl (C=O) groups is 1. The van der Waals surface area contributed by atoms with Gasteiger partial charge in [-0.3, -0.25) is 0 Å². The van der Waals surface area contributed by atoms with Crippen LogP contribution in [-0.2, 0) is 0 Å². The zero-order valence-electron chi connectivity index (χ0n) is 2.18. The van der Waals surface area contributed by atoms with Crippen molar-refractivity contribution in [3.63, 3.8) is 0 Å². The number of hydrogen-bond acceptors (Lipinski definition) is 1. The minimum absolute atomic E-state index is 0. The van der Waals surface area contributed by atoms with Crippen molar-refractivity contribution in [3.8, 4) is 0 Å². The molecule has 0 amide bonds. The van der Waals surface area contributed by atoms with Gasteiger partial charge < -0.3 is 10.2 Å². The molecule has 0 heterocycles. The van der Waals surface area contributed by atoms with Gasteiger partial charge in [-0.25, -0.2) is 4.79 Å². The van der Waals surface area contributed by atoms with Crippen molar-refractivity contribution in [1.29, 1.82) is 0 Å². The van der Waals surface area contributed by atoms with Gasteiger partial charge in [0.05, 0.1) is 0 Å². The fraction of sp³-hybridized carbons (Fsp3) is 0. The maximum atomic E-state index is 8.56. The third-order valence-corrected chi connectivity index (χ3v) is 0. The summed E-state index contributed by atoms with van der Waals surface area (Å²) >= 11 is 0. The van der Waals surface area contributed by atoms with E-state index in [0.717, 1.165) is 0 Å². The van der Waals surface area contributed by atoms with Crippen molar-refractivity contribution in [2.75, 3.05) is 0 Å². The van der Waals surface area contributed by atoms with Gasteiger partial charge in [0.15, 0.2) is 0 Å². The summed E-state index contributed by atoms with van der Waals surface area (Å²) in [4.78, 5) is 8.56. The van der Waals surface area contributed by atoms with Crippen LogP contribution in [0.5, 0.6) is 0 Å². The molecular weight excluding hydrogens is 235 g/mol. The van der Waals surface area contributed by atoms with Crippen LogP contribution < -0.4 is 0 Å². The predicted molar refractivity (Wildman–Crippen MR) is 17.8 cm³/mol. The Kier molecular flexibility index (Phi) is 26.0. The van der Waals surface area contributed by atoms with E-state index >= 15 is 0 Å². The summed E-state index contributed by atoms with van der Waals surface area (Å²) in [6.45, 7) is 0. The molecule has 0 unspecified atom stereocenters. The van der Waals surface area contributed by atoms with Gasteiger partial charge in [0.1, 0.15) is 0 Å². The van der Waals surface area contributed by atoms with Gasteiger partial charge in [0, 0.05) is 49.4 Å². The Morgan fingerprint density at radius 2 is 1.33 bits per heavy atom. The average Bonchev–Trinajstić information content (AvgIpc) is 0.811. The number of carboxylic acid groups (broad SMARTS) is 2. The molecule has 6 heavy (non-hydrogen) atoms. The summed E-state index contributed by atoms with van der Waals surface area (Å²) in [6, 6.07) is 0. The molecule has 0 aliphatic rings. The second kappa shape index (κ2) is 9.97. The third kappa shape index (κ3) is 40.1. The second-order valence-corrected chi connectivity index (χ2v) is 0.283. The van der Waals surface area contributed by atoms with E-state index in [1.807, 2.05) is 0 Å². The molecule has 0 aliphatic carbocycles. The van der Waals surface area contributed by atoms with E-state index < -0.39 is 6.16 Å². The number of hydrogen-bond donors (Lipinski definition) is 2. The molecular formula is CH3EuNaO3. The third-order valence-electron chi connectivity index (χ3n) is 0. The van der Waals surface area contributed by atoms with Crippen LogP contribution in [0.3, 0.4) is 0 Å². The fourth-order valence-electron chi connectivity index (χ4n) is 0. The summed E-state index contributed by atoms with van der Waals surface area (Å²) in [5.41, 5.74) is 0. The van der Waals surface area contributed by atoms with E-state index in [2.05, 4.69) is 0 Å². The molecule has 3 nitrogen and oxygen atoms in total. The molecule has 33 valence electrons. The first-order valence-corrected chi connectivity index (χ1v) is 0.651. The molecule has 0 rings (SSSR count). The van der Waals surface area contributed by atoms with E-state index in [1.165, 1.54) is 0 Å². The van der Waals surface area contributed by atoms with Crippen LogP contribution in [0.15, 0.2) is 0 Å². The molecule has 0 aromatic carbocycles. The predicted octanol–water partition coefficient (Wildman–Crippen LogP) is -0.426. The van der Waals surface area contributed by atoms with E-state index in [0.29, 0.717) is 0 Å². The van der Waals surface area contributed by atoms with Crippen molar-refractivity contribution >= 4 is 35.7 Å². The second-order valence-electron chi connectivity index (χ2n) is 0.283. The van der Waals surface area contributed by atoms with E-state index in [-0.39, 0.29) is 78.9 Å². The summed E-state index contributed by atoms with van der Waals surface area (Å²) in [5, 5.41) is 13.9. The van der Waals surface area contributed by atoms with Crippen molar-refractivity contribution in [1.82, 2.24) is 0 Å². The topological polar surface area (TPSA) is 57.5 Å². The monoisotopic (exact) mass is 239 g/mol. The summed E-state index contributed by atoms with van der Waals surface area (Å²) in [7, 11) is 0. The van der Waals surface area contributed by atoms with Gasteiger partial charge in [0.25, 0.3) is 0 Å². The zero-order valence-corrected chi connectivity index (χ0v) is 4.61. The SMILES string of the molecule is O=C(O)O.[Eu].[NaH]. The van der Waals surface area contributed by atoms with Crippen LogP contribution >= 0.6 is 0 Å². The van der Waals surface area contributed by atoms with Crippen LogP contribution in [0.1, 0.15) is 0 Å². The molecule has 0 aromatic rings. The van der Waals surface area contributed by atoms with E-state index in [9.17, 15) is 0 Å². The Bertz CT molecular complexity index is 33.8. The Morgan fingerprint density at radius 1 is 1.33 bits per heavy atom. The number of rotatable bonds is 0. The van der Waals surface area contributed by atoms with Crippen LogP contribution in [0.4, 0.5) is 4.79 Å². The first-order chi connectivity index (χ1) is 1.73. The Morgan fingerprint density at radius 3 is 1.33 bits per heavy atom. The van der Waals surface area contributed by atoms with Crippen LogP contribution in [0.25, 0.3) is 0 Å². The van der Waals surface area contributed by atoms with E-state index in [1.54, 1.807) is 0 Å². The van der Waals surface area contributed by atoms with Gasteiger partial charge in [0.2, 0.25) is 0 Å². The standard InChI is InChI=1S/CH2O3.Eu.Na.H/c2-1(3)4;;;/h(H2,2,3,4);;;. The van der Waals surface area contributed by atoms with Gasteiger partial charge in [-0.2, -0.15) is 0 Å². The first kappa shape index (κ1) is 15.7. The summed E-state index contributed by atoms with van der Waals surface area (Å²) < 4.78 is 0. The van der Waals surface area contributed by atoms with Crippen LogP contribution in [0, 0.1) is 49.4 Å². The van der Waals surface area contributed by atoms with Gasteiger partial charge in [-0.05, 0) is 0 Å². The van der Waals surface area contributed by atoms with Gasteiger partial charge in [-0.15, -0.1) is 0 Å². The summed E-state index contributed by atoms with van der Waals surface area (Å²) in [5.74, 6) is 0. The first-order valence-electron chi connectivity index (χ1n) is 0.651. The molecule has 0 spiro atoms. The molecule has 1 radical (unpaired) electrons. The van der Waals surface area contributed by atoms with Crippen molar-refractivity contribution < 1.29 is 64.4 Å². The zero-order chi connectivity index (χ0) is 3.58. The Balaban J connectivity index is -0.0000000450. The van der Waals surface area contributed by atoms with E-state index in [4.69, 9.17) is 15.0 Å². The van der Waals surface area contributed by atoms with Crippen molar-refractivity contribution in [3.05, 3.63) is 0 Å². The van der Waals surface area contributed by atoms with Gasteiger partial charge >= 0.3 is 35.7 Å². The van der Waals surface area contributed by atoms with Crippen LogP contribution in [-0.4, -0.2) is 45.9 Å². The fourth-order valence-corrected chi connectivity index (χ4v) is 0. The quantitative estimate of drug-likeness (QED) is 0.563. The molecule has 0 aliphatic heterocycles. The van der Waals surface area contributed by atoms with Gasteiger partial charge in [-0.1, -0.05) is 0 Å². The Hall–Kier alpha value is 1.85. The average molecular weight is 238 g/mol. The normalized spacial score (nSPS) is 4.00. The molecule has 0 saturated heterocycles. The molecule has 0 saturated carbocycles. The molecule has 0 atom stereocenters. The molecule has 0 fully saturated rings. The molecule has 0 bridgehead atoms. The molecule has 5 heteroatoms. The molecule has 2 N–H and O–H groups in total. The molecule has 0 aromatic heterocycles. The van der Waals surface area contributed by atoms with Crippen LogP contribution in [0.2, 0.25) is 0 Å². The maximum absolute atomic E-state index is 8.56. The Labute approximate surface area is 97.9 Å².